The fourth-order valence-electron chi connectivity index (χ4n) is 2.51. The van der Waals surface area contributed by atoms with E-state index >= 15 is 0 Å². The van der Waals surface area contributed by atoms with Crippen molar-refractivity contribution in [3.05, 3.63) is 75.7 Å². The summed E-state index contributed by atoms with van der Waals surface area (Å²) in [5.74, 6) is -0.0786. The van der Waals surface area contributed by atoms with E-state index < -0.39 is 9.84 Å². The minimum atomic E-state index is -3.14. The Balaban J connectivity index is 2.27. The molecule has 0 spiro atoms. The molecular formula is C19H22ClN3O3S. The molecule has 6 nitrogen and oxygen atoms in total. The Morgan fingerprint density at radius 1 is 1.33 bits per heavy atom. The third kappa shape index (κ3) is 6.08. The first kappa shape index (κ1) is 20.9. The minimum absolute atomic E-state index is 0.0696. The van der Waals surface area contributed by atoms with Crippen molar-refractivity contribution in [3.8, 4) is 0 Å². The molecule has 0 aliphatic rings. The molecule has 1 aromatic carbocycles. The van der Waals surface area contributed by atoms with Crippen LogP contribution < -0.4 is 11.0 Å². The number of rotatable bonds is 8. The molecule has 1 N–H and O–H groups in total. The van der Waals surface area contributed by atoms with E-state index in [4.69, 9.17) is 11.6 Å². The van der Waals surface area contributed by atoms with Gasteiger partial charge in [-0.05, 0) is 30.2 Å². The molecule has 0 aliphatic heterocycles. The number of hydrogen-bond donors (Lipinski definition) is 1. The summed E-state index contributed by atoms with van der Waals surface area (Å²) in [6.07, 6.45) is 5.27. The van der Waals surface area contributed by atoms with Gasteiger partial charge in [-0.3, -0.25) is 10.2 Å². The van der Waals surface area contributed by atoms with Gasteiger partial charge in [-0.25, -0.2) is 8.42 Å². The maximum atomic E-state index is 11.8. The molecule has 1 aromatic heterocycles. The van der Waals surface area contributed by atoms with Gasteiger partial charge in [-0.2, -0.15) is 5.10 Å². The van der Waals surface area contributed by atoms with E-state index in [1.54, 1.807) is 41.1 Å². The van der Waals surface area contributed by atoms with E-state index in [1.807, 2.05) is 6.92 Å². The molecule has 144 valence electrons. The molecule has 0 radical (unpaired) electrons. The highest BCUT2D eigenvalue weighted by Gasteiger charge is 2.10. The Morgan fingerprint density at radius 2 is 2.07 bits per heavy atom. The summed E-state index contributed by atoms with van der Waals surface area (Å²) in [5.41, 5.74) is 5.22. The molecule has 0 unspecified atom stereocenters. The smallest absolute Gasteiger partial charge is 0.250 e. The lowest BCUT2D eigenvalue weighted by Crippen LogP contribution is -2.18. The highest BCUT2D eigenvalue weighted by Crippen LogP contribution is 2.21. The van der Waals surface area contributed by atoms with Gasteiger partial charge in [0.15, 0.2) is 9.84 Å². The quantitative estimate of drug-likeness (QED) is 0.536. The number of aryl methyl sites for hydroxylation is 1. The lowest BCUT2D eigenvalue weighted by Gasteiger charge is -2.09. The van der Waals surface area contributed by atoms with Crippen LogP contribution in [0.4, 0.5) is 5.69 Å². The third-order valence-corrected chi connectivity index (χ3v) is 4.86. The normalized spacial score (nSPS) is 12.0. The SMILES string of the molecule is C=C/C(=N\Nc1ccc(=O)n(CCC)c1)c1ccc(CS(C)(=O)=O)cc1Cl. The predicted octanol–water partition coefficient (Wildman–Crippen LogP) is 3.46. The van der Waals surface area contributed by atoms with Crippen LogP contribution in [0.1, 0.15) is 24.5 Å². The summed E-state index contributed by atoms with van der Waals surface area (Å²) in [5, 5.41) is 4.69. The van der Waals surface area contributed by atoms with E-state index in [1.165, 1.54) is 12.3 Å². The van der Waals surface area contributed by atoms with E-state index in [2.05, 4.69) is 17.1 Å². The summed E-state index contributed by atoms with van der Waals surface area (Å²) >= 11 is 6.30. The molecule has 0 fully saturated rings. The molecular weight excluding hydrogens is 386 g/mol. The Bertz CT molecular complexity index is 1030. The Kier molecular flexibility index (Phi) is 6.98. The molecule has 0 bridgehead atoms. The summed E-state index contributed by atoms with van der Waals surface area (Å²) < 4.78 is 24.5. The molecule has 27 heavy (non-hydrogen) atoms. The largest absolute Gasteiger partial charge is 0.313 e. The maximum Gasteiger partial charge on any atom is 0.250 e. The van der Waals surface area contributed by atoms with Crippen LogP contribution >= 0.6 is 11.6 Å². The first-order chi connectivity index (χ1) is 12.7. The van der Waals surface area contributed by atoms with Crippen LogP contribution in [-0.2, 0) is 22.1 Å². The molecule has 2 aromatic rings. The summed E-state index contributed by atoms with van der Waals surface area (Å²) in [6, 6.07) is 8.15. The lowest BCUT2D eigenvalue weighted by atomic mass is 10.1. The van der Waals surface area contributed by atoms with Gasteiger partial charge in [0.05, 0.1) is 22.2 Å². The first-order valence-electron chi connectivity index (χ1n) is 8.36. The zero-order valence-corrected chi connectivity index (χ0v) is 16.8. The van der Waals surface area contributed by atoms with Crippen molar-refractivity contribution in [2.24, 2.45) is 5.10 Å². The van der Waals surface area contributed by atoms with Gasteiger partial charge in [0.1, 0.15) is 0 Å². The molecule has 0 amide bonds. The minimum Gasteiger partial charge on any atom is -0.313 e. The van der Waals surface area contributed by atoms with Gasteiger partial charge in [0.2, 0.25) is 0 Å². The summed E-state index contributed by atoms with van der Waals surface area (Å²) in [4.78, 5) is 11.8. The van der Waals surface area contributed by atoms with Crippen LogP contribution in [0.15, 0.2) is 59.1 Å². The fraction of sp³-hybridized carbons (Fsp3) is 0.263. The van der Waals surface area contributed by atoms with E-state index in [9.17, 15) is 13.2 Å². The van der Waals surface area contributed by atoms with E-state index in [0.717, 1.165) is 6.42 Å². The number of hydrazone groups is 1. The molecule has 8 heteroatoms. The van der Waals surface area contributed by atoms with Crippen molar-refractivity contribution in [1.29, 1.82) is 0 Å². The summed E-state index contributed by atoms with van der Waals surface area (Å²) in [7, 11) is -3.14. The second kappa shape index (κ2) is 9.01. The average molecular weight is 408 g/mol. The number of allylic oxidation sites excluding steroid dienone is 1. The first-order valence-corrected chi connectivity index (χ1v) is 10.8. The van der Waals surface area contributed by atoms with Crippen LogP contribution in [0.2, 0.25) is 5.02 Å². The highest BCUT2D eigenvalue weighted by molar-refractivity contribution is 7.89. The number of aromatic nitrogens is 1. The van der Waals surface area contributed by atoms with Crippen molar-refractivity contribution in [1.82, 2.24) is 4.57 Å². The molecule has 0 saturated heterocycles. The second-order valence-electron chi connectivity index (χ2n) is 6.15. The number of pyridine rings is 1. The number of nitrogens with zero attached hydrogens (tertiary/aromatic N) is 2. The number of anilines is 1. The standard InChI is InChI=1S/C19H22ClN3O3S/c1-4-10-23-12-15(7-9-19(23)24)21-22-18(5-2)16-8-6-14(11-17(16)20)13-27(3,25)26/h5-9,11-12,21H,2,4,10,13H2,1,3H3/b22-18+. The molecule has 0 saturated carbocycles. The number of nitrogens with one attached hydrogen (secondary N) is 1. The number of halogens is 1. The van der Waals surface area contributed by atoms with Gasteiger partial charge in [-0.1, -0.05) is 37.2 Å². The molecule has 0 aliphatic carbocycles. The van der Waals surface area contributed by atoms with Crippen molar-refractivity contribution in [2.45, 2.75) is 25.6 Å². The van der Waals surface area contributed by atoms with Gasteiger partial charge < -0.3 is 4.57 Å². The van der Waals surface area contributed by atoms with Gasteiger partial charge in [-0.15, -0.1) is 0 Å². The number of benzene rings is 1. The second-order valence-corrected chi connectivity index (χ2v) is 8.69. The predicted molar refractivity (Wildman–Crippen MR) is 111 cm³/mol. The molecule has 0 atom stereocenters. The summed E-state index contributed by atoms with van der Waals surface area (Å²) in [6.45, 7) is 6.37. The Labute approximate surface area is 164 Å². The third-order valence-electron chi connectivity index (χ3n) is 3.69. The van der Waals surface area contributed by atoms with E-state index in [-0.39, 0.29) is 11.3 Å². The van der Waals surface area contributed by atoms with Crippen LogP contribution in [-0.4, -0.2) is 25.0 Å². The zero-order chi connectivity index (χ0) is 20.0. The average Bonchev–Trinajstić information content (AvgIpc) is 2.58. The van der Waals surface area contributed by atoms with Crippen LogP contribution in [0.25, 0.3) is 0 Å². The lowest BCUT2D eigenvalue weighted by molar-refractivity contribution is 0.601. The zero-order valence-electron chi connectivity index (χ0n) is 15.3. The number of hydrogen-bond acceptors (Lipinski definition) is 5. The fourth-order valence-corrected chi connectivity index (χ4v) is 3.60. The molecule has 2 rings (SSSR count). The van der Waals surface area contributed by atoms with Gasteiger partial charge in [0, 0.05) is 30.6 Å². The molecule has 1 heterocycles. The topological polar surface area (TPSA) is 80.5 Å². The van der Waals surface area contributed by atoms with Crippen LogP contribution in [0.5, 0.6) is 0 Å². The van der Waals surface area contributed by atoms with Crippen molar-refractivity contribution in [3.63, 3.8) is 0 Å². The monoisotopic (exact) mass is 407 g/mol. The van der Waals surface area contributed by atoms with Crippen LogP contribution in [0.3, 0.4) is 0 Å². The highest BCUT2D eigenvalue weighted by atomic mass is 35.5. The maximum absolute atomic E-state index is 11.8. The number of sulfone groups is 1. The van der Waals surface area contributed by atoms with Gasteiger partial charge >= 0.3 is 0 Å². The van der Waals surface area contributed by atoms with Crippen molar-refractivity contribution >= 4 is 32.8 Å². The van der Waals surface area contributed by atoms with Crippen molar-refractivity contribution < 1.29 is 8.42 Å². The van der Waals surface area contributed by atoms with Crippen molar-refractivity contribution in [2.75, 3.05) is 11.7 Å². The Hall–Kier alpha value is -2.38. The van der Waals surface area contributed by atoms with Crippen LogP contribution in [0, 0.1) is 0 Å². The van der Waals surface area contributed by atoms with E-state index in [0.29, 0.717) is 34.1 Å². The Morgan fingerprint density at radius 3 is 2.67 bits per heavy atom. The van der Waals surface area contributed by atoms with Gasteiger partial charge in [0.25, 0.3) is 5.56 Å².